The molecule has 0 radical (unpaired) electrons. The van der Waals surface area contributed by atoms with E-state index in [9.17, 15) is 8.42 Å². The molecule has 0 aromatic heterocycles. The lowest BCUT2D eigenvalue weighted by molar-refractivity contribution is 0.202. The average molecular weight is 291 g/mol. The normalized spacial score (nSPS) is 11.2. The zero-order chi connectivity index (χ0) is 14.4. The first-order valence-corrected chi connectivity index (χ1v) is 7.76. The van der Waals surface area contributed by atoms with Crippen LogP contribution in [0.2, 0.25) is 0 Å². The van der Waals surface area contributed by atoms with E-state index in [4.69, 9.17) is 4.74 Å². The number of sulfonamides is 1. The minimum absolute atomic E-state index is 0.251. The van der Waals surface area contributed by atoms with Crippen LogP contribution in [0.5, 0.6) is 0 Å². The van der Waals surface area contributed by atoms with Crippen molar-refractivity contribution in [2.24, 2.45) is 0 Å². The Morgan fingerprint density at radius 3 is 2.35 bits per heavy atom. The van der Waals surface area contributed by atoms with Gasteiger partial charge in [-0.3, -0.25) is 4.72 Å². The molecule has 4 nitrogen and oxygen atoms in total. The van der Waals surface area contributed by atoms with Gasteiger partial charge in [0.05, 0.1) is 17.2 Å². The Bertz CT molecular complexity index is 654. The van der Waals surface area contributed by atoms with Gasteiger partial charge in [0.1, 0.15) is 0 Å². The fourth-order valence-corrected chi connectivity index (χ4v) is 2.98. The van der Waals surface area contributed by atoms with Crippen LogP contribution in [0.3, 0.4) is 0 Å². The molecule has 2 aromatic rings. The van der Waals surface area contributed by atoms with Gasteiger partial charge in [0.2, 0.25) is 0 Å². The lowest BCUT2D eigenvalue weighted by Crippen LogP contribution is -2.14. The van der Waals surface area contributed by atoms with Gasteiger partial charge in [-0.05, 0) is 30.2 Å². The zero-order valence-corrected chi connectivity index (χ0v) is 12.1. The number of hydrogen-bond donors (Lipinski definition) is 1. The minimum atomic E-state index is -3.55. The van der Waals surface area contributed by atoms with Crippen LogP contribution in [0.4, 0.5) is 5.69 Å². The molecule has 0 saturated carbocycles. The Morgan fingerprint density at radius 2 is 1.65 bits per heavy atom. The molecule has 2 aromatic carbocycles. The summed E-state index contributed by atoms with van der Waals surface area (Å²) in [6, 6.07) is 15.7. The second-order valence-corrected chi connectivity index (χ2v) is 6.00. The SMILES string of the molecule is COCCc1ccccc1NS(=O)(=O)c1ccccc1. The van der Waals surface area contributed by atoms with Gasteiger partial charge in [-0.25, -0.2) is 8.42 Å². The molecule has 0 heterocycles. The Kier molecular flexibility index (Phi) is 4.76. The Hall–Kier alpha value is -1.85. The molecule has 2 rings (SSSR count). The Morgan fingerprint density at radius 1 is 1.00 bits per heavy atom. The highest BCUT2D eigenvalue weighted by molar-refractivity contribution is 7.92. The summed E-state index contributed by atoms with van der Waals surface area (Å²) in [5.74, 6) is 0. The predicted molar refractivity (Wildman–Crippen MR) is 79.3 cm³/mol. The van der Waals surface area contributed by atoms with Crippen molar-refractivity contribution < 1.29 is 13.2 Å². The second-order valence-electron chi connectivity index (χ2n) is 4.32. The average Bonchev–Trinajstić information content (AvgIpc) is 2.47. The van der Waals surface area contributed by atoms with Gasteiger partial charge in [0, 0.05) is 7.11 Å². The van der Waals surface area contributed by atoms with Gasteiger partial charge in [-0.15, -0.1) is 0 Å². The molecule has 0 atom stereocenters. The van der Waals surface area contributed by atoms with E-state index >= 15 is 0 Å². The molecular formula is C15H17NO3S. The first-order valence-electron chi connectivity index (χ1n) is 6.28. The summed E-state index contributed by atoms with van der Waals surface area (Å²) >= 11 is 0. The smallest absolute Gasteiger partial charge is 0.261 e. The maximum Gasteiger partial charge on any atom is 0.261 e. The molecule has 0 saturated heterocycles. The molecule has 5 heteroatoms. The van der Waals surface area contributed by atoms with E-state index in [0.717, 1.165) is 5.56 Å². The van der Waals surface area contributed by atoms with Gasteiger partial charge < -0.3 is 4.74 Å². The molecule has 106 valence electrons. The van der Waals surface area contributed by atoms with Crippen LogP contribution in [0.1, 0.15) is 5.56 Å². The largest absolute Gasteiger partial charge is 0.384 e. The summed E-state index contributed by atoms with van der Waals surface area (Å²) in [6.45, 7) is 0.546. The van der Waals surface area contributed by atoms with E-state index in [0.29, 0.717) is 18.7 Å². The van der Waals surface area contributed by atoms with E-state index in [2.05, 4.69) is 4.72 Å². The summed E-state index contributed by atoms with van der Waals surface area (Å²) < 4.78 is 32.2. The minimum Gasteiger partial charge on any atom is -0.384 e. The van der Waals surface area contributed by atoms with Crippen molar-refractivity contribution in [1.82, 2.24) is 0 Å². The third kappa shape index (κ3) is 3.59. The van der Waals surface area contributed by atoms with Crippen LogP contribution in [0.25, 0.3) is 0 Å². The van der Waals surface area contributed by atoms with Gasteiger partial charge in [-0.1, -0.05) is 36.4 Å². The van der Waals surface area contributed by atoms with Crippen molar-refractivity contribution in [2.75, 3.05) is 18.4 Å². The maximum atomic E-state index is 12.3. The third-order valence-corrected chi connectivity index (χ3v) is 4.27. The monoisotopic (exact) mass is 291 g/mol. The van der Waals surface area contributed by atoms with Gasteiger partial charge in [0.15, 0.2) is 0 Å². The Balaban J connectivity index is 2.26. The molecule has 0 aliphatic carbocycles. The van der Waals surface area contributed by atoms with E-state index in [1.54, 1.807) is 49.6 Å². The summed E-state index contributed by atoms with van der Waals surface area (Å²) in [6.07, 6.45) is 0.657. The lowest BCUT2D eigenvalue weighted by Gasteiger charge is -2.12. The molecule has 0 bridgehead atoms. The molecular weight excluding hydrogens is 274 g/mol. The number of benzene rings is 2. The lowest BCUT2D eigenvalue weighted by atomic mass is 10.1. The number of anilines is 1. The van der Waals surface area contributed by atoms with Gasteiger partial charge >= 0.3 is 0 Å². The third-order valence-electron chi connectivity index (χ3n) is 2.89. The number of hydrogen-bond acceptors (Lipinski definition) is 3. The summed E-state index contributed by atoms with van der Waals surface area (Å²) in [5.41, 5.74) is 1.50. The first kappa shape index (κ1) is 14.6. The highest BCUT2D eigenvalue weighted by Gasteiger charge is 2.14. The molecule has 0 amide bonds. The van der Waals surface area contributed by atoms with Crippen LogP contribution in [0.15, 0.2) is 59.5 Å². The molecule has 0 aliphatic rings. The quantitative estimate of drug-likeness (QED) is 0.890. The van der Waals surface area contributed by atoms with Crippen molar-refractivity contribution in [3.8, 4) is 0 Å². The number of ether oxygens (including phenoxy) is 1. The van der Waals surface area contributed by atoms with E-state index in [1.165, 1.54) is 0 Å². The van der Waals surface area contributed by atoms with Crippen LogP contribution < -0.4 is 4.72 Å². The van der Waals surface area contributed by atoms with Crippen molar-refractivity contribution >= 4 is 15.7 Å². The predicted octanol–water partition coefficient (Wildman–Crippen LogP) is 2.68. The highest BCUT2D eigenvalue weighted by atomic mass is 32.2. The number of methoxy groups -OCH3 is 1. The summed E-state index contributed by atoms with van der Waals surface area (Å²) in [7, 11) is -1.93. The van der Waals surface area contributed by atoms with Gasteiger partial charge in [0.25, 0.3) is 10.0 Å². The van der Waals surface area contributed by atoms with E-state index in [-0.39, 0.29) is 4.90 Å². The van der Waals surface area contributed by atoms with E-state index < -0.39 is 10.0 Å². The summed E-state index contributed by atoms with van der Waals surface area (Å²) in [5, 5.41) is 0. The molecule has 0 aliphatic heterocycles. The molecule has 0 unspecified atom stereocenters. The van der Waals surface area contributed by atoms with Crippen molar-refractivity contribution in [3.05, 3.63) is 60.2 Å². The molecule has 20 heavy (non-hydrogen) atoms. The zero-order valence-electron chi connectivity index (χ0n) is 11.2. The second kappa shape index (κ2) is 6.54. The molecule has 0 spiro atoms. The number of nitrogens with one attached hydrogen (secondary N) is 1. The van der Waals surface area contributed by atoms with Crippen molar-refractivity contribution in [1.29, 1.82) is 0 Å². The van der Waals surface area contributed by atoms with Crippen LogP contribution in [-0.2, 0) is 21.2 Å². The topological polar surface area (TPSA) is 55.4 Å². The van der Waals surface area contributed by atoms with E-state index in [1.807, 2.05) is 12.1 Å². The summed E-state index contributed by atoms with van der Waals surface area (Å²) in [4.78, 5) is 0.251. The number of rotatable bonds is 6. The van der Waals surface area contributed by atoms with Crippen LogP contribution in [0, 0.1) is 0 Å². The van der Waals surface area contributed by atoms with Crippen molar-refractivity contribution in [2.45, 2.75) is 11.3 Å². The maximum absolute atomic E-state index is 12.3. The van der Waals surface area contributed by atoms with Crippen molar-refractivity contribution in [3.63, 3.8) is 0 Å². The molecule has 1 N–H and O–H groups in total. The number of para-hydroxylation sites is 1. The highest BCUT2D eigenvalue weighted by Crippen LogP contribution is 2.20. The fraction of sp³-hybridized carbons (Fsp3) is 0.200. The fourth-order valence-electron chi connectivity index (χ4n) is 1.85. The first-order chi connectivity index (χ1) is 9.63. The standard InChI is InChI=1S/C15H17NO3S/c1-19-12-11-13-7-5-6-10-15(13)16-20(17,18)14-8-3-2-4-9-14/h2-10,16H,11-12H2,1H3. The Labute approximate surface area is 119 Å². The van der Waals surface area contributed by atoms with Crippen LogP contribution in [-0.4, -0.2) is 22.1 Å². The molecule has 0 fully saturated rings. The van der Waals surface area contributed by atoms with Gasteiger partial charge in [-0.2, -0.15) is 0 Å². The van der Waals surface area contributed by atoms with Crippen LogP contribution >= 0.6 is 0 Å².